The third-order valence-electron chi connectivity index (χ3n) is 6.95. The van der Waals surface area contributed by atoms with Crippen LogP contribution in [0.5, 0.6) is 5.75 Å². The second-order valence-electron chi connectivity index (χ2n) is 10.4. The minimum atomic E-state index is -2.16. The highest BCUT2D eigenvalue weighted by Gasteiger charge is 2.35. The first kappa shape index (κ1) is 34.3. The molecule has 5 heteroatoms. The second kappa shape index (κ2) is 15.8. The second-order valence-corrected chi connectivity index (χ2v) is 10.4. The lowest BCUT2D eigenvalue weighted by atomic mass is 9.83. The smallest absolute Gasteiger partial charge is 0.185 e. The summed E-state index contributed by atoms with van der Waals surface area (Å²) >= 11 is 0. The first-order valence-corrected chi connectivity index (χ1v) is 13.9. The first-order chi connectivity index (χ1) is 18.4. The van der Waals surface area contributed by atoms with E-state index < -0.39 is 11.4 Å². The van der Waals surface area contributed by atoms with Crippen LogP contribution >= 0.6 is 0 Å². The van der Waals surface area contributed by atoms with E-state index in [2.05, 4.69) is 63.7 Å². The minimum Gasteiger partial charge on any atom is -0.493 e. The van der Waals surface area contributed by atoms with Gasteiger partial charge in [0.05, 0.1) is 6.61 Å². The van der Waals surface area contributed by atoms with Gasteiger partial charge in [0.25, 0.3) is 0 Å². The Hall–Kier alpha value is -2.70. The summed E-state index contributed by atoms with van der Waals surface area (Å²) in [5, 5.41) is 38.8. The number of unbranched alkanes of at least 4 members (excludes halogenated alkanes) is 1. The Balaban J connectivity index is 0.00000495. The monoisotopic (exact) mass is 540 g/mol. The van der Waals surface area contributed by atoms with Crippen LogP contribution in [-0.2, 0) is 12.8 Å². The molecule has 39 heavy (non-hydrogen) atoms. The lowest BCUT2D eigenvalue weighted by molar-refractivity contribution is -0.128. The Morgan fingerprint density at radius 2 is 1.69 bits per heavy atom. The van der Waals surface area contributed by atoms with Gasteiger partial charge >= 0.3 is 0 Å². The Bertz CT molecular complexity index is 1110. The molecular formula is C34H52O5. The number of aliphatic hydroxyl groups excluding tert-OH is 1. The van der Waals surface area contributed by atoms with Crippen LogP contribution in [0.1, 0.15) is 89.5 Å². The van der Waals surface area contributed by atoms with Crippen LogP contribution in [0.25, 0.3) is 5.57 Å². The molecule has 0 bridgehead atoms. The summed E-state index contributed by atoms with van der Waals surface area (Å²) in [5.74, 6) is -1.04. The lowest BCUT2D eigenvalue weighted by Gasteiger charge is -2.31. The highest BCUT2D eigenvalue weighted by molar-refractivity contribution is 5.78. The maximum atomic E-state index is 11.3. The van der Waals surface area contributed by atoms with Gasteiger partial charge in [0, 0.05) is 14.1 Å². The number of benzene rings is 2. The van der Waals surface area contributed by atoms with E-state index in [1.54, 1.807) is 26.0 Å². The van der Waals surface area contributed by atoms with E-state index in [1.165, 1.54) is 24.1 Å². The molecule has 0 aliphatic heterocycles. The van der Waals surface area contributed by atoms with Gasteiger partial charge in [0.1, 0.15) is 11.4 Å². The van der Waals surface area contributed by atoms with E-state index in [0.29, 0.717) is 6.61 Å². The summed E-state index contributed by atoms with van der Waals surface area (Å²) in [5.41, 5.74) is 4.84. The van der Waals surface area contributed by atoms with Crippen LogP contribution in [0.15, 0.2) is 66.8 Å². The average molecular weight is 541 g/mol. The Morgan fingerprint density at radius 1 is 1.08 bits per heavy atom. The summed E-state index contributed by atoms with van der Waals surface area (Å²) in [4.78, 5) is 0. The van der Waals surface area contributed by atoms with Crippen LogP contribution in [-0.4, -0.2) is 45.5 Å². The largest absolute Gasteiger partial charge is 0.493 e. The highest BCUT2D eigenvalue weighted by atomic mass is 16.5. The molecule has 0 spiro atoms. The van der Waals surface area contributed by atoms with Crippen LogP contribution in [0, 0.1) is 6.92 Å². The molecule has 2 aromatic rings. The van der Waals surface area contributed by atoms with Crippen molar-refractivity contribution in [2.24, 2.45) is 0 Å². The van der Waals surface area contributed by atoms with Crippen molar-refractivity contribution in [2.75, 3.05) is 13.7 Å². The molecule has 0 heterocycles. The van der Waals surface area contributed by atoms with Crippen molar-refractivity contribution in [3.05, 3.63) is 94.6 Å². The third kappa shape index (κ3) is 9.77. The number of rotatable bonds is 13. The fourth-order valence-electron chi connectivity index (χ4n) is 4.85. The van der Waals surface area contributed by atoms with Gasteiger partial charge in [0.2, 0.25) is 0 Å². The van der Waals surface area contributed by atoms with E-state index in [-0.39, 0.29) is 12.9 Å². The minimum absolute atomic E-state index is 0. The first-order valence-electron chi connectivity index (χ1n) is 13.9. The number of aryl methyl sites for hydroxylation is 2. The van der Waals surface area contributed by atoms with E-state index in [4.69, 9.17) is 9.84 Å². The predicted octanol–water partition coefficient (Wildman–Crippen LogP) is 6.90. The van der Waals surface area contributed by atoms with Crippen molar-refractivity contribution in [3.63, 3.8) is 0 Å². The van der Waals surface area contributed by atoms with Crippen molar-refractivity contribution in [3.8, 4) is 5.75 Å². The fourth-order valence-corrected chi connectivity index (χ4v) is 4.85. The van der Waals surface area contributed by atoms with Gasteiger partial charge in [-0.15, -0.1) is 0 Å². The average Bonchev–Trinajstić information content (AvgIpc) is 2.89. The molecule has 0 aliphatic rings. The molecule has 2 unspecified atom stereocenters. The molecule has 5 nitrogen and oxygen atoms in total. The summed E-state index contributed by atoms with van der Waals surface area (Å²) in [7, 11) is 1.00. The molecule has 0 saturated heterocycles. The Kier molecular flexibility index (Phi) is 13.9. The molecule has 0 radical (unpaired) electrons. The number of allylic oxidation sites excluding steroid dienone is 3. The predicted molar refractivity (Wildman–Crippen MR) is 165 cm³/mol. The summed E-state index contributed by atoms with van der Waals surface area (Å²) in [6, 6.07) is 13.0. The molecule has 0 aromatic heterocycles. The molecule has 218 valence electrons. The van der Waals surface area contributed by atoms with Gasteiger partial charge in [-0.3, -0.25) is 0 Å². The Morgan fingerprint density at radius 3 is 2.18 bits per heavy atom. The van der Waals surface area contributed by atoms with Gasteiger partial charge < -0.3 is 25.2 Å². The standard InChI is InChI=1S/C33H46O4.CH4O.H2/c1-9-13-18-37-30-21-28(19-23(5)27-16-14-25(10-2)15-17-27)29(20-24(30)6)26(11-3)22-32(7,34)31(12-4)33(8,35)36;1-2;/h11-12,14-17,20-23,34-36H,3,9-10,13,18-19H2,1-2,4-8H3;2H,1H3;1H/b26-22+,31-12+;;. The van der Waals surface area contributed by atoms with E-state index >= 15 is 0 Å². The highest BCUT2D eigenvalue weighted by Crippen LogP contribution is 2.36. The van der Waals surface area contributed by atoms with Crippen LogP contribution in [0.3, 0.4) is 0 Å². The topological polar surface area (TPSA) is 90.2 Å². The molecule has 2 atom stereocenters. The molecule has 4 N–H and O–H groups in total. The molecule has 2 aromatic carbocycles. The normalized spacial score (nSPS) is 14.7. The summed E-state index contributed by atoms with van der Waals surface area (Å²) < 4.78 is 6.14. The van der Waals surface area contributed by atoms with E-state index in [9.17, 15) is 15.3 Å². The zero-order valence-corrected chi connectivity index (χ0v) is 25.2. The van der Waals surface area contributed by atoms with Crippen molar-refractivity contribution in [1.82, 2.24) is 0 Å². The zero-order valence-electron chi connectivity index (χ0n) is 25.2. The number of hydrogen-bond donors (Lipinski definition) is 4. The van der Waals surface area contributed by atoms with Crippen molar-refractivity contribution in [2.45, 2.75) is 91.5 Å². The quantitative estimate of drug-likeness (QED) is 0.0960. The molecule has 0 amide bonds. The van der Waals surface area contributed by atoms with E-state index in [1.807, 2.05) is 6.92 Å². The molecular weight excluding hydrogens is 488 g/mol. The lowest BCUT2D eigenvalue weighted by Crippen LogP contribution is -2.39. The zero-order chi connectivity index (χ0) is 29.8. The van der Waals surface area contributed by atoms with Gasteiger partial charge in [0.15, 0.2) is 5.79 Å². The molecule has 0 fully saturated rings. The fraction of sp³-hybridized carbons (Fsp3) is 0.471. The molecule has 0 saturated carbocycles. The number of hydrogen-bond acceptors (Lipinski definition) is 5. The number of ether oxygens (including phenoxy) is 1. The Labute approximate surface area is 237 Å². The van der Waals surface area contributed by atoms with Crippen molar-refractivity contribution >= 4 is 5.57 Å². The van der Waals surface area contributed by atoms with Gasteiger partial charge in [-0.05, 0) is 104 Å². The van der Waals surface area contributed by atoms with Crippen LogP contribution in [0.2, 0.25) is 0 Å². The van der Waals surface area contributed by atoms with Gasteiger partial charge in [-0.1, -0.05) is 70.2 Å². The van der Waals surface area contributed by atoms with Crippen molar-refractivity contribution < 1.29 is 26.6 Å². The maximum absolute atomic E-state index is 11.3. The maximum Gasteiger partial charge on any atom is 0.185 e. The molecule has 2 rings (SSSR count). The van der Waals surface area contributed by atoms with Crippen LogP contribution in [0.4, 0.5) is 0 Å². The summed E-state index contributed by atoms with van der Waals surface area (Å²) in [6.45, 7) is 17.7. The number of aliphatic hydroxyl groups is 4. The third-order valence-corrected chi connectivity index (χ3v) is 6.95. The molecule has 0 aliphatic carbocycles. The van der Waals surface area contributed by atoms with Crippen molar-refractivity contribution in [1.29, 1.82) is 0 Å². The van der Waals surface area contributed by atoms with Crippen LogP contribution < -0.4 is 4.74 Å². The van der Waals surface area contributed by atoms with Gasteiger partial charge in [-0.25, -0.2) is 0 Å². The summed E-state index contributed by atoms with van der Waals surface area (Å²) in [6.07, 6.45) is 8.74. The van der Waals surface area contributed by atoms with Gasteiger partial charge in [-0.2, -0.15) is 0 Å². The van der Waals surface area contributed by atoms with E-state index in [0.717, 1.165) is 60.8 Å². The SMILES string of the molecule is C=C/C(=C\C(C)(O)/C(=C\C)C(C)(O)O)c1cc(C)c(OCCCC)cc1CC(C)c1ccc(CC)cc1.CO.[HH].